The second kappa shape index (κ2) is 29.7. The minimum Gasteiger partial charge on any atom is -0.457 e. The standard InChI is InChI=1S/C36H70O12S/c1-3-5-7-9-11-13-15-16-17-19-21-23-25-32(38)46-30(28-44-26-24-22-20-18-14-12-10-8-6-4-2)29-45-36-34(40)35(48-49(41,42)43)33(39)31(27-37)47-36/h30-31,33-37,39-40H,3-29H2,1-2H3,(H,41,42,43). The quantitative estimate of drug-likeness (QED) is 0.0325. The number of carbonyl (C=O) groups is 1. The summed E-state index contributed by atoms with van der Waals surface area (Å²) in [4.78, 5) is 12.7. The van der Waals surface area contributed by atoms with Crippen LogP contribution in [0.5, 0.6) is 0 Å². The van der Waals surface area contributed by atoms with Gasteiger partial charge < -0.3 is 34.3 Å². The minimum absolute atomic E-state index is 0.0431. The van der Waals surface area contributed by atoms with Gasteiger partial charge in [-0.1, -0.05) is 142 Å². The number of carbonyl (C=O) groups excluding carboxylic acids is 1. The van der Waals surface area contributed by atoms with E-state index >= 15 is 0 Å². The zero-order chi connectivity index (χ0) is 36.2. The zero-order valence-electron chi connectivity index (χ0n) is 30.5. The van der Waals surface area contributed by atoms with E-state index in [0.717, 1.165) is 38.5 Å². The maximum absolute atomic E-state index is 12.7. The van der Waals surface area contributed by atoms with E-state index in [2.05, 4.69) is 18.0 Å². The van der Waals surface area contributed by atoms with Gasteiger partial charge in [-0.25, -0.2) is 4.18 Å². The van der Waals surface area contributed by atoms with E-state index in [-0.39, 0.29) is 19.6 Å². The summed E-state index contributed by atoms with van der Waals surface area (Å²) in [6, 6.07) is 0. The summed E-state index contributed by atoms with van der Waals surface area (Å²) in [5.74, 6) is -0.399. The Bertz CT molecular complexity index is 889. The molecule has 0 bridgehead atoms. The summed E-state index contributed by atoms with van der Waals surface area (Å²) in [6.07, 6.45) is 17.2. The summed E-state index contributed by atoms with van der Waals surface area (Å²) in [5.41, 5.74) is 0. The summed E-state index contributed by atoms with van der Waals surface area (Å²) >= 11 is 0. The number of aliphatic hydroxyl groups excluding tert-OH is 3. The van der Waals surface area contributed by atoms with Crippen LogP contribution in [0.25, 0.3) is 0 Å². The van der Waals surface area contributed by atoms with Crippen molar-refractivity contribution >= 4 is 16.4 Å². The summed E-state index contributed by atoms with van der Waals surface area (Å²) in [5, 5.41) is 30.5. The van der Waals surface area contributed by atoms with E-state index in [0.29, 0.717) is 13.0 Å². The van der Waals surface area contributed by atoms with Crippen molar-refractivity contribution in [3.8, 4) is 0 Å². The Morgan fingerprint density at radius 1 is 0.694 bits per heavy atom. The van der Waals surface area contributed by atoms with E-state index < -0.39 is 59.8 Å². The lowest BCUT2D eigenvalue weighted by Crippen LogP contribution is -2.60. The van der Waals surface area contributed by atoms with Crippen molar-refractivity contribution in [2.75, 3.05) is 26.4 Å². The van der Waals surface area contributed by atoms with Crippen molar-refractivity contribution in [3.63, 3.8) is 0 Å². The maximum Gasteiger partial charge on any atom is 0.397 e. The molecule has 12 nitrogen and oxygen atoms in total. The van der Waals surface area contributed by atoms with E-state index in [4.69, 9.17) is 23.5 Å². The van der Waals surface area contributed by atoms with Gasteiger partial charge in [-0.3, -0.25) is 9.35 Å². The van der Waals surface area contributed by atoms with Gasteiger partial charge in [-0.15, -0.1) is 0 Å². The van der Waals surface area contributed by atoms with Crippen LogP contribution in [0.3, 0.4) is 0 Å². The summed E-state index contributed by atoms with van der Waals surface area (Å²) in [6.45, 7) is 3.97. The molecule has 0 amide bonds. The van der Waals surface area contributed by atoms with Gasteiger partial charge in [0.05, 0.1) is 19.8 Å². The second-order valence-corrected chi connectivity index (χ2v) is 14.6. The largest absolute Gasteiger partial charge is 0.457 e. The van der Waals surface area contributed by atoms with Crippen LogP contribution in [0.15, 0.2) is 0 Å². The van der Waals surface area contributed by atoms with Gasteiger partial charge in [-0.2, -0.15) is 8.42 Å². The highest BCUT2D eigenvalue weighted by molar-refractivity contribution is 7.80. The van der Waals surface area contributed by atoms with Crippen LogP contribution in [0.2, 0.25) is 0 Å². The molecule has 0 spiro atoms. The molecule has 49 heavy (non-hydrogen) atoms. The first-order chi connectivity index (χ1) is 23.6. The number of ether oxygens (including phenoxy) is 4. The highest BCUT2D eigenvalue weighted by Crippen LogP contribution is 2.26. The Hall–Kier alpha value is -0.900. The fourth-order valence-corrected chi connectivity index (χ4v) is 6.53. The van der Waals surface area contributed by atoms with Crippen LogP contribution < -0.4 is 0 Å². The first-order valence-electron chi connectivity index (χ1n) is 19.3. The Labute approximate surface area is 296 Å². The number of esters is 1. The molecular formula is C36H70O12S. The molecule has 0 saturated carbocycles. The predicted octanol–water partition coefficient (Wildman–Crippen LogP) is 6.57. The number of unbranched alkanes of at least 4 members (excludes halogenated alkanes) is 20. The van der Waals surface area contributed by atoms with Crippen molar-refractivity contribution < 1.29 is 56.2 Å². The molecule has 1 saturated heterocycles. The monoisotopic (exact) mass is 726 g/mol. The SMILES string of the molecule is CCCCCCCCCCCCCCC(=O)OC(COCCCCCCCCCCCC)COC1OC(CO)C(O)C(OS(=O)(=O)O)C1O. The number of rotatable bonds is 33. The molecule has 4 N–H and O–H groups in total. The first kappa shape index (κ1) is 46.1. The van der Waals surface area contributed by atoms with Crippen LogP contribution in [0.1, 0.15) is 162 Å². The highest BCUT2D eigenvalue weighted by Gasteiger charge is 2.48. The fourth-order valence-electron chi connectivity index (χ4n) is 6.02. The smallest absolute Gasteiger partial charge is 0.397 e. The van der Waals surface area contributed by atoms with Crippen LogP contribution in [-0.4, -0.2) is 97.5 Å². The summed E-state index contributed by atoms with van der Waals surface area (Å²) in [7, 11) is -5.05. The van der Waals surface area contributed by atoms with Crippen molar-refractivity contribution in [3.05, 3.63) is 0 Å². The molecule has 6 unspecified atom stereocenters. The van der Waals surface area contributed by atoms with Gasteiger partial charge in [0, 0.05) is 13.0 Å². The topological polar surface area (TPSA) is 178 Å². The minimum atomic E-state index is -5.05. The van der Waals surface area contributed by atoms with Crippen molar-refractivity contribution in [1.82, 2.24) is 0 Å². The van der Waals surface area contributed by atoms with Crippen molar-refractivity contribution in [1.29, 1.82) is 0 Å². The Morgan fingerprint density at radius 2 is 1.16 bits per heavy atom. The molecule has 1 fully saturated rings. The van der Waals surface area contributed by atoms with E-state index in [1.54, 1.807) is 0 Å². The van der Waals surface area contributed by atoms with Gasteiger partial charge in [0.25, 0.3) is 0 Å². The molecule has 6 atom stereocenters. The summed E-state index contributed by atoms with van der Waals surface area (Å²) < 4.78 is 58.7. The molecule has 0 aromatic carbocycles. The normalized spacial score (nSPS) is 22.0. The van der Waals surface area contributed by atoms with Gasteiger partial charge >= 0.3 is 16.4 Å². The van der Waals surface area contributed by atoms with E-state index in [1.165, 1.54) is 96.3 Å². The van der Waals surface area contributed by atoms with Gasteiger partial charge in [0.1, 0.15) is 30.5 Å². The zero-order valence-corrected chi connectivity index (χ0v) is 31.3. The molecule has 0 aromatic heterocycles. The van der Waals surface area contributed by atoms with Crippen molar-refractivity contribution in [2.24, 2.45) is 0 Å². The molecule has 1 aliphatic rings. The maximum atomic E-state index is 12.7. The van der Waals surface area contributed by atoms with Crippen LogP contribution in [0.4, 0.5) is 0 Å². The van der Waals surface area contributed by atoms with E-state index in [9.17, 15) is 28.5 Å². The molecule has 0 aliphatic carbocycles. The molecule has 0 radical (unpaired) electrons. The highest BCUT2D eigenvalue weighted by atomic mass is 32.3. The van der Waals surface area contributed by atoms with E-state index in [1.807, 2.05) is 0 Å². The number of hydrogen-bond donors (Lipinski definition) is 4. The Balaban J connectivity index is 2.51. The van der Waals surface area contributed by atoms with Gasteiger partial charge in [-0.05, 0) is 12.8 Å². The molecule has 1 aliphatic heterocycles. The number of aliphatic hydroxyl groups is 3. The second-order valence-electron chi connectivity index (χ2n) is 13.5. The number of hydrogen-bond acceptors (Lipinski definition) is 11. The Kier molecular flexibility index (Phi) is 27.9. The Morgan fingerprint density at radius 3 is 1.63 bits per heavy atom. The molecular weight excluding hydrogens is 656 g/mol. The molecule has 1 rings (SSSR count). The molecule has 292 valence electrons. The third-order valence-corrected chi connectivity index (χ3v) is 9.44. The van der Waals surface area contributed by atoms with Gasteiger partial charge in [0.15, 0.2) is 6.29 Å². The van der Waals surface area contributed by atoms with Crippen LogP contribution in [0, 0.1) is 0 Å². The lowest BCUT2D eigenvalue weighted by molar-refractivity contribution is -0.301. The predicted molar refractivity (Wildman–Crippen MR) is 188 cm³/mol. The third kappa shape index (κ3) is 24.1. The molecule has 13 heteroatoms. The van der Waals surface area contributed by atoms with Gasteiger partial charge in [0.2, 0.25) is 0 Å². The third-order valence-electron chi connectivity index (χ3n) is 8.98. The van der Waals surface area contributed by atoms with Crippen molar-refractivity contribution in [2.45, 2.75) is 198 Å². The molecule has 1 heterocycles. The average molecular weight is 727 g/mol. The first-order valence-corrected chi connectivity index (χ1v) is 20.7. The lowest BCUT2D eigenvalue weighted by Gasteiger charge is -2.41. The van der Waals surface area contributed by atoms with Crippen LogP contribution >= 0.6 is 0 Å². The molecule has 0 aromatic rings. The van der Waals surface area contributed by atoms with Crippen LogP contribution in [-0.2, 0) is 38.3 Å². The lowest BCUT2D eigenvalue weighted by atomic mass is 9.99. The fraction of sp³-hybridized carbons (Fsp3) is 0.972. The average Bonchev–Trinajstić information content (AvgIpc) is 3.06.